The van der Waals surface area contributed by atoms with Crippen molar-refractivity contribution in [2.75, 3.05) is 6.54 Å². The zero-order valence-corrected chi connectivity index (χ0v) is 9.70. The molecule has 0 unspecified atom stereocenters. The molecular weight excluding hydrogens is 245 g/mol. The molecular formula is C11H13BrFN. The molecule has 1 saturated carbocycles. The van der Waals surface area contributed by atoms with Crippen LogP contribution in [0.3, 0.4) is 0 Å². The molecule has 0 aromatic heterocycles. The SMILES string of the molecule is Cc1ccc(Br)c(F)c1C1(CN)CC1. The number of hydrogen-bond donors (Lipinski definition) is 1. The molecule has 1 nitrogen and oxygen atoms in total. The molecule has 0 saturated heterocycles. The van der Waals surface area contributed by atoms with Crippen molar-refractivity contribution in [2.24, 2.45) is 5.73 Å². The maximum Gasteiger partial charge on any atom is 0.141 e. The van der Waals surface area contributed by atoms with Crippen molar-refractivity contribution < 1.29 is 4.39 Å². The Labute approximate surface area is 91.6 Å². The summed E-state index contributed by atoms with van der Waals surface area (Å²) in [6.45, 7) is 2.49. The van der Waals surface area contributed by atoms with Gasteiger partial charge in [0.2, 0.25) is 0 Å². The number of rotatable bonds is 2. The quantitative estimate of drug-likeness (QED) is 0.867. The Morgan fingerprint density at radius 2 is 2.14 bits per heavy atom. The third-order valence-corrected chi connectivity index (χ3v) is 3.69. The second-order valence-electron chi connectivity index (χ2n) is 4.04. The zero-order valence-electron chi connectivity index (χ0n) is 8.11. The van der Waals surface area contributed by atoms with Gasteiger partial charge in [0, 0.05) is 12.0 Å². The predicted octanol–water partition coefficient (Wildman–Crippen LogP) is 2.89. The minimum absolute atomic E-state index is 0.0715. The minimum atomic E-state index is -0.132. The van der Waals surface area contributed by atoms with Gasteiger partial charge >= 0.3 is 0 Å². The fourth-order valence-electron chi connectivity index (χ4n) is 2.01. The van der Waals surface area contributed by atoms with Gasteiger partial charge in [-0.15, -0.1) is 0 Å². The maximum absolute atomic E-state index is 13.9. The smallest absolute Gasteiger partial charge is 0.141 e. The van der Waals surface area contributed by atoms with E-state index in [1.54, 1.807) is 6.07 Å². The third-order valence-electron chi connectivity index (χ3n) is 3.08. The lowest BCUT2D eigenvalue weighted by molar-refractivity contribution is 0.564. The van der Waals surface area contributed by atoms with Crippen LogP contribution in [0.2, 0.25) is 0 Å². The van der Waals surface area contributed by atoms with Gasteiger partial charge in [0.1, 0.15) is 5.82 Å². The van der Waals surface area contributed by atoms with Crippen LogP contribution in [0.4, 0.5) is 4.39 Å². The molecule has 2 rings (SSSR count). The maximum atomic E-state index is 13.9. The van der Waals surface area contributed by atoms with Crippen molar-refractivity contribution in [1.29, 1.82) is 0 Å². The van der Waals surface area contributed by atoms with Gasteiger partial charge in [0.15, 0.2) is 0 Å². The van der Waals surface area contributed by atoms with Gasteiger partial charge < -0.3 is 5.73 Å². The molecule has 1 aromatic carbocycles. The molecule has 1 aliphatic carbocycles. The molecule has 14 heavy (non-hydrogen) atoms. The summed E-state index contributed by atoms with van der Waals surface area (Å²) in [6, 6.07) is 3.69. The van der Waals surface area contributed by atoms with Crippen molar-refractivity contribution in [3.63, 3.8) is 0 Å². The van der Waals surface area contributed by atoms with E-state index in [4.69, 9.17) is 5.73 Å². The normalized spacial score (nSPS) is 18.3. The van der Waals surface area contributed by atoms with Gasteiger partial charge in [-0.25, -0.2) is 4.39 Å². The van der Waals surface area contributed by atoms with Gasteiger partial charge in [-0.2, -0.15) is 0 Å². The van der Waals surface area contributed by atoms with Gasteiger partial charge in [0.05, 0.1) is 4.47 Å². The largest absolute Gasteiger partial charge is 0.330 e. The van der Waals surface area contributed by atoms with Crippen LogP contribution in [-0.4, -0.2) is 6.54 Å². The van der Waals surface area contributed by atoms with Crippen molar-refractivity contribution in [1.82, 2.24) is 0 Å². The first-order valence-corrected chi connectivity index (χ1v) is 5.55. The zero-order chi connectivity index (χ0) is 10.3. The molecule has 76 valence electrons. The molecule has 0 atom stereocenters. The minimum Gasteiger partial charge on any atom is -0.330 e. The Balaban J connectivity index is 2.57. The lowest BCUT2D eigenvalue weighted by Gasteiger charge is -2.17. The van der Waals surface area contributed by atoms with E-state index >= 15 is 0 Å². The van der Waals surface area contributed by atoms with Crippen molar-refractivity contribution in [3.05, 3.63) is 33.5 Å². The summed E-state index contributed by atoms with van der Waals surface area (Å²) < 4.78 is 14.4. The Morgan fingerprint density at radius 3 is 2.64 bits per heavy atom. The van der Waals surface area contributed by atoms with Gasteiger partial charge in [0.25, 0.3) is 0 Å². The summed E-state index contributed by atoms with van der Waals surface area (Å²) >= 11 is 3.21. The fourth-order valence-corrected chi connectivity index (χ4v) is 2.34. The summed E-state index contributed by atoms with van der Waals surface area (Å²) in [7, 11) is 0. The standard InChI is InChI=1S/C11H13BrFN/c1-7-2-3-8(12)10(13)9(7)11(6-14)4-5-11/h2-3H,4-6,14H2,1H3. The third kappa shape index (κ3) is 1.39. The Bertz CT molecular complexity index is 372. The van der Waals surface area contributed by atoms with Crippen LogP contribution < -0.4 is 5.73 Å². The number of hydrogen-bond acceptors (Lipinski definition) is 1. The molecule has 1 aromatic rings. The first-order chi connectivity index (χ1) is 6.60. The average molecular weight is 258 g/mol. The molecule has 0 aliphatic heterocycles. The lowest BCUT2D eigenvalue weighted by atomic mass is 9.91. The number of aryl methyl sites for hydroxylation is 1. The number of benzene rings is 1. The van der Waals surface area contributed by atoms with Crippen LogP contribution >= 0.6 is 15.9 Å². The molecule has 2 N–H and O–H groups in total. The summed E-state index contributed by atoms with van der Waals surface area (Å²) in [5, 5.41) is 0. The van der Waals surface area contributed by atoms with Crippen LogP contribution in [0.5, 0.6) is 0 Å². The monoisotopic (exact) mass is 257 g/mol. The van der Waals surface area contributed by atoms with Gasteiger partial charge in [-0.1, -0.05) is 6.07 Å². The molecule has 1 fully saturated rings. The topological polar surface area (TPSA) is 26.0 Å². The van der Waals surface area contributed by atoms with E-state index in [1.807, 2.05) is 13.0 Å². The highest BCUT2D eigenvalue weighted by molar-refractivity contribution is 9.10. The first-order valence-electron chi connectivity index (χ1n) is 4.76. The van der Waals surface area contributed by atoms with Crippen LogP contribution in [-0.2, 0) is 5.41 Å². The van der Waals surface area contributed by atoms with E-state index in [0.717, 1.165) is 24.0 Å². The Hall–Kier alpha value is -0.410. The molecule has 0 amide bonds. The highest BCUT2D eigenvalue weighted by atomic mass is 79.9. The van der Waals surface area contributed by atoms with E-state index in [-0.39, 0.29) is 11.2 Å². The van der Waals surface area contributed by atoms with Gasteiger partial charge in [-0.05, 0) is 52.9 Å². The summed E-state index contributed by atoms with van der Waals surface area (Å²) in [6.07, 6.45) is 2.02. The van der Waals surface area contributed by atoms with Crippen molar-refractivity contribution in [2.45, 2.75) is 25.2 Å². The second-order valence-corrected chi connectivity index (χ2v) is 4.89. The van der Waals surface area contributed by atoms with Crippen LogP contribution in [0, 0.1) is 12.7 Å². The molecule has 0 heterocycles. The van der Waals surface area contributed by atoms with E-state index in [2.05, 4.69) is 15.9 Å². The lowest BCUT2D eigenvalue weighted by Crippen LogP contribution is -2.22. The molecule has 0 bridgehead atoms. The molecule has 3 heteroatoms. The highest BCUT2D eigenvalue weighted by Gasteiger charge is 2.45. The van der Waals surface area contributed by atoms with Gasteiger partial charge in [-0.3, -0.25) is 0 Å². The summed E-state index contributed by atoms with van der Waals surface area (Å²) in [4.78, 5) is 0. The average Bonchev–Trinajstić information content (AvgIpc) is 2.93. The predicted molar refractivity (Wildman–Crippen MR) is 58.8 cm³/mol. The van der Waals surface area contributed by atoms with E-state index in [0.29, 0.717) is 11.0 Å². The summed E-state index contributed by atoms with van der Waals surface area (Å²) in [5.41, 5.74) is 7.46. The fraction of sp³-hybridized carbons (Fsp3) is 0.455. The van der Waals surface area contributed by atoms with Crippen LogP contribution in [0.15, 0.2) is 16.6 Å². The summed E-state index contributed by atoms with van der Waals surface area (Å²) in [5.74, 6) is -0.132. The molecule has 0 radical (unpaired) electrons. The second kappa shape index (κ2) is 3.31. The Kier molecular flexibility index (Phi) is 2.40. The van der Waals surface area contributed by atoms with Crippen LogP contribution in [0.25, 0.3) is 0 Å². The van der Waals surface area contributed by atoms with Crippen molar-refractivity contribution >= 4 is 15.9 Å². The van der Waals surface area contributed by atoms with E-state index in [1.165, 1.54) is 0 Å². The number of nitrogens with two attached hydrogens (primary N) is 1. The van der Waals surface area contributed by atoms with E-state index in [9.17, 15) is 4.39 Å². The molecule has 0 spiro atoms. The Morgan fingerprint density at radius 1 is 1.50 bits per heavy atom. The number of halogens is 2. The molecule has 1 aliphatic rings. The first kappa shape index (κ1) is 10.1. The van der Waals surface area contributed by atoms with Crippen molar-refractivity contribution in [3.8, 4) is 0 Å². The van der Waals surface area contributed by atoms with Crippen LogP contribution in [0.1, 0.15) is 24.0 Å². The highest BCUT2D eigenvalue weighted by Crippen LogP contribution is 2.50. The van der Waals surface area contributed by atoms with E-state index < -0.39 is 0 Å².